The number of guanidine groups is 1. The van der Waals surface area contributed by atoms with Gasteiger partial charge in [0.2, 0.25) is 5.91 Å². The van der Waals surface area contributed by atoms with Crippen LogP contribution in [-0.2, 0) is 4.79 Å². The van der Waals surface area contributed by atoms with E-state index in [4.69, 9.17) is 5.73 Å². The summed E-state index contributed by atoms with van der Waals surface area (Å²) in [5.74, 6) is 0.295. The predicted molar refractivity (Wildman–Crippen MR) is 53.5 cm³/mol. The molecule has 0 fully saturated rings. The first kappa shape index (κ1) is 11.7. The molecule has 0 saturated carbocycles. The second kappa shape index (κ2) is 6.28. The van der Waals surface area contributed by atoms with Gasteiger partial charge in [0.1, 0.15) is 6.54 Å². The predicted octanol–water partition coefficient (Wildman–Crippen LogP) is -0.611. The number of amides is 1. The van der Waals surface area contributed by atoms with Crippen LogP contribution < -0.4 is 11.1 Å². The van der Waals surface area contributed by atoms with Gasteiger partial charge in [0.05, 0.1) is 0 Å². The fourth-order valence-electron chi connectivity index (χ4n) is 0.687. The monoisotopic (exact) mass is 186 g/mol. The van der Waals surface area contributed by atoms with Crippen molar-refractivity contribution in [2.75, 3.05) is 26.7 Å². The van der Waals surface area contributed by atoms with E-state index < -0.39 is 0 Å². The van der Waals surface area contributed by atoms with Gasteiger partial charge in [0.15, 0.2) is 5.96 Å². The standard InChI is InChI=1S/C8H18N4O/c1-4-10-8(9)11-6-7(13)12(3)5-2/h4-6H2,1-3H3,(H3,9,10,11). The average molecular weight is 186 g/mol. The average Bonchev–Trinajstić information content (AvgIpc) is 2.13. The molecule has 0 rings (SSSR count). The van der Waals surface area contributed by atoms with E-state index in [1.165, 1.54) is 0 Å². The molecule has 1 amide bonds. The Bertz CT molecular complexity index is 191. The van der Waals surface area contributed by atoms with Crippen LogP contribution in [0.2, 0.25) is 0 Å². The molecule has 0 heterocycles. The van der Waals surface area contributed by atoms with Gasteiger partial charge in [-0.25, -0.2) is 4.99 Å². The van der Waals surface area contributed by atoms with Crippen molar-refractivity contribution in [1.82, 2.24) is 10.2 Å². The zero-order valence-corrected chi connectivity index (χ0v) is 8.50. The summed E-state index contributed by atoms with van der Waals surface area (Å²) in [4.78, 5) is 16.7. The lowest BCUT2D eigenvalue weighted by atomic mass is 10.5. The molecule has 0 aliphatic carbocycles. The molecule has 0 atom stereocenters. The molecule has 0 bridgehead atoms. The number of likely N-dealkylation sites (N-methyl/N-ethyl adjacent to an activating group) is 1. The number of carbonyl (C=O) groups excluding carboxylic acids is 1. The van der Waals surface area contributed by atoms with Crippen molar-refractivity contribution < 1.29 is 4.79 Å². The van der Waals surface area contributed by atoms with Gasteiger partial charge in [-0.2, -0.15) is 0 Å². The van der Waals surface area contributed by atoms with Crippen molar-refractivity contribution in [2.45, 2.75) is 13.8 Å². The zero-order chi connectivity index (χ0) is 10.3. The van der Waals surface area contributed by atoms with Crippen LogP contribution >= 0.6 is 0 Å². The van der Waals surface area contributed by atoms with Crippen LogP contribution in [0.25, 0.3) is 0 Å². The first-order chi connectivity index (χ1) is 6.11. The molecule has 76 valence electrons. The maximum atomic E-state index is 11.2. The van der Waals surface area contributed by atoms with E-state index >= 15 is 0 Å². The van der Waals surface area contributed by atoms with Gasteiger partial charge < -0.3 is 16.0 Å². The van der Waals surface area contributed by atoms with Crippen molar-refractivity contribution in [3.8, 4) is 0 Å². The van der Waals surface area contributed by atoms with E-state index in [9.17, 15) is 4.79 Å². The molecule has 13 heavy (non-hydrogen) atoms. The van der Waals surface area contributed by atoms with Crippen molar-refractivity contribution in [3.05, 3.63) is 0 Å². The molecular formula is C8H18N4O. The van der Waals surface area contributed by atoms with Gasteiger partial charge in [0, 0.05) is 20.1 Å². The minimum absolute atomic E-state index is 0.0247. The Labute approximate surface area is 79.0 Å². The third-order valence-corrected chi connectivity index (χ3v) is 1.64. The molecule has 0 spiro atoms. The number of hydrogen-bond acceptors (Lipinski definition) is 2. The third kappa shape index (κ3) is 5.05. The molecule has 0 aromatic carbocycles. The largest absolute Gasteiger partial charge is 0.370 e. The molecule has 0 saturated heterocycles. The summed E-state index contributed by atoms with van der Waals surface area (Å²) < 4.78 is 0. The van der Waals surface area contributed by atoms with Crippen LogP contribution in [0.15, 0.2) is 4.99 Å². The van der Waals surface area contributed by atoms with Crippen LogP contribution in [-0.4, -0.2) is 43.4 Å². The summed E-state index contributed by atoms with van der Waals surface area (Å²) in [6, 6.07) is 0. The highest BCUT2D eigenvalue weighted by Gasteiger charge is 2.04. The molecule has 0 radical (unpaired) electrons. The molecule has 0 aromatic rings. The second-order valence-electron chi connectivity index (χ2n) is 2.64. The van der Waals surface area contributed by atoms with Crippen molar-refractivity contribution >= 4 is 11.9 Å². The van der Waals surface area contributed by atoms with Gasteiger partial charge in [-0.1, -0.05) is 0 Å². The van der Waals surface area contributed by atoms with Crippen LogP contribution in [0.5, 0.6) is 0 Å². The van der Waals surface area contributed by atoms with Crippen LogP contribution in [0.4, 0.5) is 0 Å². The molecule has 0 aromatic heterocycles. The van der Waals surface area contributed by atoms with Gasteiger partial charge in [-0.3, -0.25) is 4.79 Å². The molecule has 3 N–H and O–H groups in total. The number of nitrogens with zero attached hydrogens (tertiary/aromatic N) is 2. The quantitative estimate of drug-likeness (QED) is 0.454. The number of aliphatic imine (C=N–C) groups is 1. The summed E-state index contributed by atoms with van der Waals surface area (Å²) in [6.45, 7) is 5.35. The van der Waals surface area contributed by atoms with Crippen molar-refractivity contribution in [2.24, 2.45) is 10.7 Å². The minimum Gasteiger partial charge on any atom is -0.370 e. The van der Waals surface area contributed by atoms with E-state index in [0.29, 0.717) is 19.0 Å². The van der Waals surface area contributed by atoms with Gasteiger partial charge >= 0.3 is 0 Å². The Hall–Kier alpha value is -1.26. The fraction of sp³-hybridized carbons (Fsp3) is 0.750. The maximum absolute atomic E-state index is 11.2. The summed E-state index contributed by atoms with van der Waals surface area (Å²) in [5, 5.41) is 2.81. The maximum Gasteiger partial charge on any atom is 0.244 e. The molecule has 5 heteroatoms. The second-order valence-corrected chi connectivity index (χ2v) is 2.64. The van der Waals surface area contributed by atoms with Crippen molar-refractivity contribution in [1.29, 1.82) is 0 Å². The van der Waals surface area contributed by atoms with E-state index in [0.717, 1.165) is 0 Å². The van der Waals surface area contributed by atoms with E-state index in [-0.39, 0.29) is 12.5 Å². The van der Waals surface area contributed by atoms with Gasteiger partial charge in [0.25, 0.3) is 0 Å². The fourth-order valence-corrected chi connectivity index (χ4v) is 0.687. The summed E-state index contributed by atoms with van der Waals surface area (Å²) in [6.07, 6.45) is 0. The topological polar surface area (TPSA) is 70.7 Å². The summed E-state index contributed by atoms with van der Waals surface area (Å²) >= 11 is 0. The SMILES string of the molecule is CCNC(N)=NCC(=O)N(C)CC. The lowest BCUT2D eigenvalue weighted by Gasteiger charge is -2.12. The Balaban J connectivity index is 3.86. The number of nitrogens with two attached hydrogens (primary N) is 1. The number of nitrogens with one attached hydrogen (secondary N) is 1. The molecule has 5 nitrogen and oxygen atoms in total. The summed E-state index contributed by atoms with van der Waals surface area (Å²) in [7, 11) is 1.74. The Morgan fingerprint density at radius 1 is 1.54 bits per heavy atom. The number of hydrogen-bond donors (Lipinski definition) is 2. The highest BCUT2D eigenvalue weighted by Crippen LogP contribution is 1.84. The minimum atomic E-state index is -0.0247. The van der Waals surface area contributed by atoms with E-state index in [1.807, 2.05) is 13.8 Å². The van der Waals surface area contributed by atoms with Gasteiger partial charge in [-0.05, 0) is 13.8 Å². The highest BCUT2D eigenvalue weighted by molar-refractivity contribution is 5.83. The highest BCUT2D eigenvalue weighted by atomic mass is 16.2. The lowest BCUT2D eigenvalue weighted by Crippen LogP contribution is -2.34. The number of carbonyl (C=O) groups is 1. The lowest BCUT2D eigenvalue weighted by molar-refractivity contribution is -0.128. The third-order valence-electron chi connectivity index (χ3n) is 1.64. The van der Waals surface area contributed by atoms with E-state index in [2.05, 4.69) is 10.3 Å². The van der Waals surface area contributed by atoms with Crippen LogP contribution in [0.3, 0.4) is 0 Å². The van der Waals surface area contributed by atoms with Crippen LogP contribution in [0, 0.1) is 0 Å². The first-order valence-electron chi connectivity index (χ1n) is 4.39. The zero-order valence-electron chi connectivity index (χ0n) is 8.50. The Kier molecular flexibility index (Phi) is 5.67. The first-order valence-corrected chi connectivity index (χ1v) is 4.39. The van der Waals surface area contributed by atoms with Crippen LogP contribution in [0.1, 0.15) is 13.8 Å². The molecular weight excluding hydrogens is 168 g/mol. The summed E-state index contributed by atoms with van der Waals surface area (Å²) in [5.41, 5.74) is 5.44. The molecule has 0 aliphatic rings. The van der Waals surface area contributed by atoms with E-state index in [1.54, 1.807) is 11.9 Å². The molecule has 0 unspecified atom stereocenters. The van der Waals surface area contributed by atoms with Crippen molar-refractivity contribution in [3.63, 3.8) is 0 Å². The normalized spacial score (nSPS) is 11.2. The smallest absolute Gasteiger partial charge is 0.244 e. The number of rotatable bonds is 4. The Morgan fingerprint density at radius 2 is 2.15 bits per heavy atom. The molecule has 0 aliphatic heterocycles. The Morgan fingerprint density at radius 3 is 2.62 bits per heavy atom. The van der Waals surface area contributed by atoms with Gasteiger partial charge in [-0.15, -0.1) is 0 Å².